The van der Waals surface area contributed by atoms with Crippen molar-refractivity contribution in [3.63, 3.8) is 0 Å². The highest BCUT2D eigenvalue weighted by Gasteiger charge is 2.35. The zero-order valence-corrected chi connectivity index (χ0v) is 21.1. The van der Waals surface area contributed by atoms with Crippen LogP contribution in [0.5, 0.6) is 0 Å². The maximum atomic E-state index is 12.8. The van der Waals surface area contributed by atoms with Crippen molar-refractivity contribution in [2.75, 3.05) is 13.1 Å². The number of carbonyl (C=O) groups excluding carboxylic acids is 1. The molecule has 2 N–H and O–H groups in total. The number of benzene rings is 3. The zero-order chi connectivity index (χ0) is 25.1. The van der Waals surface area contributed by atoms with Crippen molar-refractivity contribution in [3.8, 4) is 6.07 Å². The molecule has 1 unspecified atom stereocenters. The van der Waals surface area contributed by atoms with E-state index in [0.29, 0.717) is 19.5 Å². The lowest BCUT2D eigenvalue weighted by molar-refractivity contribution is -0.122. The summed E-state index contributed by atoms with van der Waals surface area (Å²) in [6, 6.07) is 33.0. The molecule has 1 amide bonds. The molecule has 0 aromatic heterocycles. The Balaban J connectivity index is 1.54. The van der Waals surface area contributed by atoms with E-state index >= 15 is 0 Å². The van der Waals surface area contributed by atoms with Crippen LogP contribution in [-0.2, 0) is 10.2 Å². The maximum absolute atomic E-state index is 12.8. The monoisotopic (exact) mass is 467 g/mol. The molecule has 4 nitrogen and oxygen atoms in total. The van der Waals surface area contributed by atoms with E-state index in [9.17, 15) is 10.1 Å². The van der Waals surface area contributed by atoms with E-state index in [1.807, 2.05) is 49.4 Å². The van der Waals surface area contributed by atoms with Gasteiger partial charge in [0, 0.05) is 19.0 Å². The summed E-state index contributed by atoms with van der Waals surface area (Å²) in [6.45, 7) is 7.31. The zero-order valence-electron chi connectivity index (χ0n) is 21.1. The van der Waals surface area contributed by atoms with Crippen molar-refractivity contribution in [1.29, 1.82) is 5.26 Å². The summed E-state index contributed by atoms with van der Waals surface area (Å²) >= 11 is 0. The normalized spacial score (nSPS) is 13.7. The molecule has 0 radical (unpaired) electrons. The number of amides is 1. The van der Waals surface area contributed by atoms with Crippen LogP contribution in [0.3, 0.4) is 0 Å². The standard InChI is InChI=1S/C31H37N3O/c1-24(2)31(23-32,28-18-11-6-12-19-28)20-13-21-33-30(35)25(3)34-22-29(26-14-7-4-8-15-26)27-16-9-5-10-17-27/h4-12,14-19,24-25,29,34H,13,20-22H2,1-3H3,(H,33,35)/t25-,31?/m0/s1. The first-order chi connectivity index (χ1) is 17.0. The molecule has 4 heteroatoms. The molecule has 0 spiro atoms. The maximum Gasteiger partial charge on any atom is 0.236 e. The molecule has 3 aromatic carbocycles. The van der Waals surface area contributed by atoms with Crippen molar-refractivity contribution in [1.82, 2.24) is 10.6 Å². The summed E-state index contributed by atoms with van der Waals surface area (Å²) in [5.74, 6) is 0.330. The topological polar surface area (TPSA) is 64.9 Å². The largest absolute Gasteiger partial charge is 0.355 e. The molecule has 3 aromatic rings. The van der Waals surface area contributed by atoms with Crippen molar-refractivity contribution in [3.05, 3.63) is 108 Å². The van der Waals surface area contributed by atoms with Crippen LogP contribution >= 0.6 is 0 Å². The fourth-order valence-corrected chi connectivity index (χ4v) is 4.67. The van der Waals surface area contributed by atoms with Crippen LogP contribution in [-0.4, -0.2) is 25.0 Å². The van der Waals surface area contributed by atoms with Crippen molar-refractivity contribution < 1.29 is 4.79 Å². The Morgan fingerprint density at radius 2 is 1.37 bits per heavy atom. The third kappa shape index (κ3) is 6.81. The Morgan fingerprint density at radius 3 is 1.86 bits per heavy atom. The molecule has 0 saturated carbocycles. The van der Waals surface area contributed by atoms with Gasteiger partial charge in [0.1, 0.15) is 0 Å². The lowest BCUT2D eigenvalue weighted by Gasteiger charge is -2.31. The van der Waals surface area contributed by atoms with E-state index in [-0.39, 0.29) is 23.8 Å². The first-order valence-electron chi connectivity index (χ1n) is 12.6. The summed E-state index contributed by atoms with van der Waals surface area (Å²) < 4.78 is 0. The summed E-state index contributed by atoms with van der Waals surface area (Å²) in [7, 11) is 0. The quantitative estimate of drug-likeness (QED) is 0.330. The van der Waals surface area contributed by atoms with Crippen LogP contribution in [0.15, 0.2) is 91.0 Å². The van der Waals surface area contributed by atoms with Crippen LogP contribution in [0.25, 0.3) is 0 Å². The smallest absolute Gasteiger partial charge is 0.236 e. The molecule has 0 aliphatic rings. The van der Waals surface area contributed by atoms with Crippen molar-refractivity contribution in [2.45, 2.75) is 51.0 Å². The van der Waals surface area contributed by atoms with Gasteiger partial charge in [0.15, 0.2) is 0 Å². The highest BCUT2D eigenvalue weighted by molar-refractivity contribution is 5.81. The Bertz CT molecular complexity index is 1040. The van der Waals surface area contributed by atoms with Crippen LogP contribution < -0.4 is 10.6 Å². The van der Waals surface area contributed by atoms with E-state index in [4.69, 9.17) is 0 Å². The van der Waals surface area contributed by atoms with E-state index in [2.05, 4.69) is 79.1 Å². The Labute approximate surface area is 210 Å². The minimum atomic E-state index is -0.547. The van der Waals surface area contributed by atoms with Gasteiger partial charge in [-0.05, 0) is 42.4 Å². The summed E-state index contributed by atoms with van der Waals surface area (Å²) in [6.07, 6.45) is 1.45. The minimum Gasteiger partial charge on any atom is -0.355 e. The molecule has 0 aliphatic heterocycles. The fraction of sp³-hybridized carbons (Fsp3) is 0.355. The molecular formula is C31H37N3O. The number of nitriles is 1. The predicted octanol–water partition coefficient (Wildman–Crippen LogP) is 5.81. The second-order valence-corrected chi connectivity index (χ2v) is 9.50. The summed E-state index contributed by atoms with van der Waals surface area (Å²) in [4.78, 5) is 12.8. The van der Waals surface area contributed by atoms with Gasteiger partial charge in [0.25, 0.3) is 0 Å². The lowest BCUT2D eigenvalue weighted by Crippen LogP contribution is -2.44. The van der Waals surface area contributed by atoms with Gasteiger partial charge in [-0.15, -0.1) is 0 Å². The highest BCUT2D eigenvalue weighted by atomic mass is 16.2. The SMILES string of the molecule is CC(C)C(C#N)(CCCNC(=O)[C@H](C)NCC(c1ccccc1)c1ccccc1)c1ccccc1. The molecule has 0 bridgehead atoms. The number of hydrogen-bond donors (Lipinski definition) is 2. The van der Waals surface area contributed by atoms with Gasteiger partial charge in [-0.1, -0.05) is 105 Å². The average Bonchev–Trinajstić information content (AvgIpc) is 2.90. The van der Waals surface area contributed by atoms with E-state index in [1.165, 1.54) is 11.1 Å². The number of nitrogens with zero attached hydrogens (tertiary/aromatic N) is 1. The first kappa shape index (κ1) is 26.2. The molecule has 182 valence electrons. The highest BCUT2D eigenvalue weighted by Crippen LogP contribution is 2.36. The molecule has 2 atom stereocenters. The number of carbonyl (C=O) groups is 1. The van der Waals surface area contributed by atoms with Gasteiger partial charge in [-0.25, -0.2) is 0 Å². The van der Waals surface area contributed by atoms with Crippen LogP contribution in [0, 0.1) is 17.2 Å². The molecular weight excluding hydrogens is 430 g/mol. The number of rotatable bonds is 12. The molecule has 0 aliphatic carbocycles. The second-order valence-electron chi connectivity index (χ2n) is 9.50. The molecule has 0 saturated heterocycles. The number of hydrogen-bond acceptors (Lipinski definition) is 3. The van der Waals surface area contributed by atoms with Crippen LogP contribution in [0.4, 0.5) is 0 Å². The fourth-order valence-electron chi connectivity index (χ4n) is 4.67. The summed E-state index contributed by atoms with van der Waals surface area (Å²) in [5.41, 5.74) is 2.95. The molecule has 35 heavy (non-hydrogen) atoms. The lowest BCUT2D eigenvalue weighted by atomic mass is 9.70. The summed E-state index contributed by atoms with van der Waals surface area (Å²) in [5, 5.41) is 16.5. The second kappa shape index (κ2) is 12.9. The van der Waals surface area contributed by atoms with Gasteiger partial charge in [0.05, 0.1) is 17.5 Å². The van der Waals surface area contributed by atoms with Crippen molar-refractivity contribution in [2.24, 2.45) is 5.92 Å². The van der Waals surface area contributed by atoms with Gasteiger partial charge < -0.3 is 10.6 Å². The first-order valence-corrected chi connectivity index (χ1v) is 12.6. The molecule has 0 heterocycles. The van der Waals surface area contributed by atoms with Crippen molar-refractivity contribution >= 4 is 5.91 Å². The Kier molecular flexibility index (Phi) is 9.64. The minimum absolute atomic E-state index is 0.0170. The predicted molar refractivity (Wildman–Crippen MR) is 143 cm³/mol. The van der Waals surface area contributed by atoms with Gasteiger partial charge in [0.2, 0.25) is 5.91 Å². The van der Waals surface area contributed by atoms with E-state index in [1.54, 1.807) is 0 Å². The van der Waals surface area contributed by atoms with Gasteiger partial charge in [-0.3, -0.25) is 4.79 Å². The van der Waals surface area contributed by atoms with Gasteiger partial charge >= 0.3 is 0 Å². The third-order valence-electron chi connectivity index (χ3n) is 6.95. The van der Waals surface area contributed by atoms with Crippen LogP contribution in [0.1, 0.15) is 56.2 Å². The van der Waals surface area contributed by atoms with E-state index in [0.717, 1.165) is 12.0 Å². The Morgan fingerprint density at radius 1 is 0.857 bits per heavy atom. The molecule has 3 rings (SSSR count). The van der Waals surface area contributed by atoms with E-state index < -0.39 is 5.41 Å². The molecule has 0 fully saturated rings. The van der Waals surface area contributed by atoms with Gasteiger partial charge in [-0.2, -0.15) is 5.26 Å². The van der Waals surface area contributed by atoms with Crippen LogP contribution in [0.2, 0.25) is 0 Å². The number of nitrogens with one attached hydrogen (secondary N) is 2. The Hall–Kier alpha value is -3.42. The third-order valence-corrected chi connectivity index (χ3v) is 6.95. The average molecular weight is 468 g/mol.